The normalized spacial score (nSPS) is 19.1. The molecule has 1 nitrogen and oxygen atoms in total. The molecule has 5 aromatic carbocycles. The Balaban J connectivity index is 1.26. The van der Waals surface area contributed by atoms with Crippen LogP contribution in [0.15, 0.2) is 156 Å². The second kappa shape index (κ2) is 9.96. The zero-order valence-corrected chi connectivity index (χ0v) is 24.5. The Morgan fingerprint density at radius 3 is 2.07 bits per heavy atom. The molecule has 3 aliphatic rings. The summed E-state index contributed by atoms with van der Waals surface area (Å²) in [4.78, 5) is 0. The van der Waals surface area contributed by atoms with Crippen LogP contribution in [0.1, 0.15) is 52.3 Å². The maximum atomic E-state index is 6.92. The van der Waals surface area contributed by atoms with E-state index in [4.69, 9.17) is 4.42 Å². The van der Waals surface area contributed by atoms with Gasteiger partial charge in [0, 0.05) is 22.4 Å². The van der Waals surface area contributed by atoms with Gasteiger partial charge in [0.15, 0.2) is 0 Å². The van der Waals surface area contributed by atoms with E-state index in [1.165, 1.54) is 49.9 Å². The number of hydrogen-bond acceptors (Lipinski definition) is 1. The van der Waals surface area contributed by atoms with E-state index in [9.17, 15) is 0 Å². The number of allylic oxidation sites excluding steroid dienone is 5. The lowest BCUT2D eigenvalue weighted by Crippen LogP contribution is -2.28. The molecular weight excluding hydrogens is 532 g/mol. The Morgan fingerprint density at radius 1 is 0.591 bits per heavy atom. The standard InChI is InChI=1S/C43H32O/c1-3-14-29(15-4-1)33-22-12-24-37-38-25-13-23-34(42(38)44-41(33)37)30-16-11-19-32(28-30)43(31-17-5-2-6-18-31)39-26-9-7-20-35(39)36-21-8-10-27-40(36)43/h1-14,16-21,23-29,33H,15,22H2. The highest BCUT2D eigenvalue weighted by molar-refractivity contribution is 5.99. The zero-order chi connectivity index (χ0) is 29.1. The van der Waals surface area contributed by atoms with Crippen molar-refractivity contribution in [3.8, 4) is 22.3 Å². The molecule has 0 saturated carbocycles. The van der Waals surface area contributed by atoms with Crippen LogP contribution in [0, 0.1) is 5.92 Å². The lowest BCUT2D eigenvalue weighted by molar-refractivity contribution is 0.415. The molecule has 210 valence electrons. The van der Waals surface area contributed by atoms with Crippen molar-refractivity contribution in [3.63, 3.8) is 0 Å². The van der Waals surface area contributed by atoms with Crippen LogP contribution in [-0.2, 0) is 5.41 Å². The molecule has 0 fully saturated rings. The molecule has 0 bridgehead atoms. The van der Waals surface area contributed by atoms with Gasteiger partial charge in [0.25, 0.3) is 0 Å². The summed E-state index contributed by atoms with van der Waals surface area (Å²) in [5.74, 6) is 1.95. The Hall–Kier alpha value is -5.14. The smallest absolute Gasteiger partial charge is 0.142 e. The Kier molecular flexibility index (Phi) is 5.74. The van der Waals surface area contributed by atoms with Gasteiger partial charge in [-0.2, -0.15) is 0 Å². The van der Waals surface area contributed by atoms with Crippen molar-refractivity contribution in [2.45, 2.75) is 24.2 Å². The Morgan fingerprint density at radius 2 is 1.30 bits per heavy atom. The van der Waals surface area contributed by atoms with Crippen LogP contribution in [0.5, 0.6) is 0 Å². The lowest BCUT2D eigenvalue weighted by Gasteiger charge is -2.34. The van der Waals surface area contributed by atoms with E-state index in [1.807, 2.05) is 0 Å². The van der Waals surface area contributed by atoms with Gasteiger partial charge < -0.3 is 4.42 Å². The second-order valence-corrected chi connectivity index (χ2v) is 12.3. The van der Waals surface area contributed by atoms with Crippen molar-refractivity contribution in [2.24, 2.45) is 5.92 Å². The average Bonchev–Trinajstić information content (AvgIpc) is 3.64. The Bertz CT molecular complexity index is 2090. The van der Waals surface area contributed by atoms with Crippen molar-refractivity contribution in [1.29, 1.82) is 0 Å². The van der Waals surface area contributed by atoms with Gasteiger partial charge in [-0.25, -0.2) is 0 Å². The summed E-state index contributed by atoms with van der Waals surface area (Å²) < 4.78 is 6.92. The highest BCUT2D eigenvalue weighted by atomic mass is 16.3. The fourth-order valence-electron chi connectivity index (χ4n) is 8.17. The topological polar surface area (TPSA) is 13.1 Å². The molecule has 44 heavy (non-hydrogen) atoms. The minimum absolute atomic E-state index is 0.357. The number of rotatable bonds is 4. The van der Waals surface area contributed by atoms with Gasteiger partial charge in [0.1, 0.15) is 11.3 Å². The average molecular weight is 565 g/mol. The van der Waals surface area contributed by atoms with Crippen LogP contribution in [0.3, 0.4) is 0 Å². The first kappa shape index (κ1) is 25.4. The highest BCUT2D eigenvalue weighted by Crippen LogP contribution is 2.56. The van der Waals surface area contributed by atoms with Gasteiger partial charge in [-0.05, 0) is 63.8 Å². The summed E-state index contributed by atoms with van der Waals surface area (Å²) in [5.41, 5.74) is 12.0. The highest BCUT2D eigenvalue weighted by Gasteiger charge is 2.46. The minimum Gasteiger partial charge on any atom is -0.459 e. The maximum absolute atomic E-state index is 6.92. The van der Waals surface area contributed by atoms with E-state index in [-0.39, 0.29) is 0 Å². The first-order valence-electron chi connectivity index (χ1n) is 15.7. The number of fused-ring (bicyclic) bond motifs is 6. The quantitative estimate of drug-likeness (QED) is 0.207. The van der Waals surface area contributed by atoms with Gasteiger partial charge in [-0.15, -0.1) is 0 Å². The second-order valence-electron chi connectivity index (χ2n) is 12.3. The molecule has 6 aromatic rings. The SMILES string of the molecule is C1=CCC(C2CC=Cc3c2oc2c(-c4cccc(C5(c6ccccc6)c6ccccc6-c6ccccc65)c4)cccc32)C=C1. The van der Waals surface area contributed by atoms with Gasteiger partial charge in [0.05, 0.1) is 5.41 Å². The molecule has 9 rings (SSSR count). The van der Waals surface area contributed by atoms with Crippen molar-refractivity contribution in [2.75, 3.05) is 0 Å². The molecule has 0 radical (unpaired) electrons. The zero-order valence-electron chi connectivity index (χ0n) is 24.5. The molecule has 0 aliphatic heterocycles. The van der Waals surface area contributed by atoms with Crippen LogP contribution >= 0.6 is 0 Å². The molecule has 1 heterocycles. The molecular formula is C43H32O. The van der Waals surface area contributed by atoms with Crippen LogP contribution < -0.4 is 0 Å². The molecule has 0 N–H and O–H groups in total. The lowest BCUT2D eigenvalue weighted by atomic mass is 9.67. The predicted octanol–water partition coefficient (Wildman–Crippen LogP) is 11.1. The van der Waals surface area contributed by atoms with Crippen molar-refractivity contribution < 1.29 is 4.42 Å². The van der Waals surface area contributed by atoms with Crippen LogP contribution in [0.2, 0.25) is 0 Å². The van der Waals surface area contributed by atoms with Crippen LogP contribution in [-0.4, -0.2) is 0 Å². The molecule has 0 saturated heterocycles. The summed E-state index contributed by atoms with van der Waals surface area (Å²) in [7, 11) is 0. The number of hydrogen-bond donors (Lipinski definition) is 0. The molecule has 1 heteroatoms. The van der Waals surface area contributed by atoms with E-state index in [2.05, 4.69) is 158 Å². The van der Waals surface area contributed by atoms with Gasteiger partial charge >= 0.3 is 0 Å². The van der Waals surface area contributed by atoms with E-state index in [1.54, 1.807) is 0 Å². The van der Waals surface area contributed by atoms with E-state index in [0.717, 1.165) is 29.7 Å². The van der Waals surface area contributed by atoms with Crippen molar-refractivity contribution in [1.82, 2.24) is 0 Å². The third-order valence-electron chi connectivity index (χ3n) is 10.1. The molecule has 0 amide bonds. The molecule has 0 spiro atoms. The van der Waals surface area contributed by atoms with Gasteiger partial charge in [-0.3, -0.25) is 0 Å². The van der Waals surface area contributed by atoms with Gasteiger partial charge in [0.2, 0.25) is 0 Å². The molecule has 2 unspecified atom stereocenters. The minimum atomic E-state index is -0.421. The van der Waals surface area contributed by atoms with E-state index >= 15 is 0 Å². The van der Waals surface area contributed by atoms with Crippen molar-refractivity contribution >= 4 is 17.0 Å². The monoisotopic (exact) mass is 564 g/mol. The fraction of sp³-hybridized carbons (Fsp3) is 0.116. The summed E-state index contributed by atoms with van der Waals surface area (Å²) in [6.45, 7) is 0. The molecule has 2 atom stereocenters. The number of furan rings is 1. The summed E-state index contributed by atoms with van der Waals surface area (Å²) in [6, 6.07) is 44.7. The third-order valence-corrected chi connectivity index (χ3v) is 10.1. The van der Waals surface area contributed by atoms with E-state index < -0.39 is 5.41 Å². The molecule has 3 aliphatic carbocycles. The first-order valence-corrected chi connectivity index (χ1v) is 15.7. The van der Waals surface area contributed by atoms with E-state index in [0.29, 0.717) is 11.8 Å². The summed E-state index contributed by atoms with van der Waals surface area (Å²) >= 11 is 0. The Labute approximate surface area is 258 Å². The largest absolute Gasteiger partial charge is 0.459 e. The predicted molar refractivity (Wildman–Crippen MR) is 182 cm³/mol. The fourth-order valence-corrected chi connectivity index (χ4v) is 8.17. The van der Waals surface area contributed by atoms with Gasteiger partial charge in [-0.1, -0.05) is 152 Å². The summed E-state index contributed by atoms with van der Waals surface area (Å²) in [5, 5.41) is 1.20. The third kappa shape index (κ3) is 3.59. The molecule has 1 aromatic heterocycles. The number of para-hydroxylation sites is 1. The maximum Gasteiger partial charge on any atom is 0.142 e. The van der Waals surface area contributed by atoms with Crippen molar-refractivity contribution in [3.05, 3.63) is 185 Å². The first-order chi connectivity index (χ1) is 21.8. The number of benzene rings is 5. The van der Waals surface area contributed by atoms with Crippen LogP contribution in [0.4, 0.5) is 0 Å². The summed E-state index contributed by atoms with van der Waals surface area (Å²) in [6.07, 6.45) is 15.7. The van der Waals surface area contributed by atoms with Crippen LogP contribution in [0.25, 0.3) is 39.3 Å².